The average molecular weight is 286 g/mol. The van der Waals surface area contributed by atoms with E-state index in [0.29, 0.717) is 12.2 Å². The summed E-state index contributed by atoms with van der Waals surface area (Å²) in [5, 5.41) is 0.965. The number of amides is 1. The smallest absolute Gasteiger partial charge is 0.242 e. The van der Waals surface area contributed by atoms with Crippen LogP contribution < -0.4 is 10.6 Å². The summed E-state index contributed by atoms with van der Waals surface area (Å²) in [5.41, 5.74) is 8.35. The Bertz CT molecular complexity index is 637. The first-order valence-corrected chi connectivity index (χ1v) is 7.20. The number of nitrogens with two attached hydrogens (primary N) is 1. The van der Waals surface area contributed by atoms with E-state index >= 15 is 0 Å². The Kier molecular flexibility index (Phi) is 4.62. The van der Waals surface area contributed by atoms with E-state index in [1.165, 1.54) is 0 Å². The average Bonchev–Trinajstić information content (AvgIpc) is 2.48. The highest BCUT2D eigenvalue weighted by Crippen LogP contribution is 2.27. The van der Waals surface area contributed by atoms with Gasteiger partial charge in [0.05, 0.1) is 17.7 Å². The fraction of sp³-hybridized carbons (Fsp3) is 0.375. The normalized spacial score (nSPS) is 10.6. The molecule has 0 aliphatic carbocycles. The Morgan fingerprint density at radius 3 is 2.62 bits per heavy atom. The second-order valence-electron chi connectivity index (χ2n) is 5.00. The second kappa shape index (κ2) is 6.43. The van der Waals surface area contributed by atoms with Crippen LogP contribution in [0.3, 0.4) is 0 Å². The van der Waals surface area contributed by atoms with Gasteiger partial charge in [0, 0.05) is 37.4 Å². The van der Waals surface area contributed by atoms with Crippen molar-refractivity contribution in [2.45, 2.75) is 13.8 Å². The van der Waals surface area contributed by atoms with Gasteiger partial charge in [0.15, 0.2) is 0 Å². The number of benzene rings is 1. The predicted molar refractivity (Wildman–Crippen MR) is 87.4 cm³/mol. The van der Waals surface area contributed by atoms with Crippen molar-refractivity contribution in [3.8, 4) is 0 Å². The van der Waals surface area contributed by atoms with Crippen molar-refractivity contribution in [2.24, 2.45) is 0 Å². The summed E-state index contributed by atoms with van der Waals surface area (Å²) in [7, 11) is 1.92. The number of para-hydroxylation sites is 1. The molecule has 0 unspecified atom stereocenters. The molecule has 0 aliphatic rings. The number of carbonyl (C=O) groups excluding carboxylic acids is 1. The lowest BCUT2D eigenvalue weighted by molar-refractivity contribution is -0.129. The van der Waals surface area contributed by atoms with E-state index in [1.807, 2.05) is 55.0 Å². The fourth-order valence-corrected chi connectivity index (χ4v) is 2.48. The first kappa shape index (κ1) is 15.1. The number of pyridine rings is 1. The largest absolute Gasteiger partial charge is 0.397 e. The first-order chi connectivity index (χ1) is 10.1. The van der Waals surface area contributed by atoms with Crippen LogP contribution in [0.2, 0.25) is 0 Å². The van der Waals surface area contributed by atoms with Crippen LogP contribution in [0.1, 0.15) is 13.8 Å². The van der Waals surface area contributed by atoms with Crippen LogP contribution >= 0.6 is 0 Å². The number of hydrogen-bond acceptors (Lipinski definition) is 4. The summed E-state index contributed by atoms with van der Waals surface area (Å²) >= 11 is 0. The molecule has 1 aromatic heterocycles. The molecule has 0 bridgehead atoms. The van der Waals surface area contributed by atoms with Crippen molar-refractivity contribution in [2.75, 3.05) is 37.3 Å². The molecule has 2 N–H and O–H groups in total. The molecule has 2 aromatic rings. The number of rotatable bonds is 5. The Balaban J connectivity index is 2.30. The van der Waals surface area contributed by atoms with Gasteiger partial charge in [-0.05, 0) is 26.0 Å². The SMILES string of the molecule is CCN(CC)C(=O)CN(C)c1ccnc2c(N)cccc12. The zero-order valence-corrected chi connectivity index (χ0v) is 12.8. The maximum atomic E-state index is 12.2. The van der Waals surface area contributed by atoms with Crippen LogP contribution in [-0.4, -0.2) is 42.5 Å². The number of likely N-dealkylation sites (N-methyl/N-ethyl adjacent to an activating group) is 2. The summed E-state index contributed by atoms with van der Waals surface area (Å²) in [5.74, 6) is 0.122. The van der Waals surface area contributed by atoms with Gasteiger partial charge < -0.3 is 15.5 Å². The molecule has 2 rings (SSSR count). The number of carbonyl (C=O) groups is 1. The van der Waals surface area contributed by atoms with Crippen LogP contribution in [0.5, 0.6) is 0 Å². The standard InChI is InChI=1S/C16H22N4O/c1-4-20(5-2)15(21)11-19(3)14-9-10-18-16-12(14)7-6-8-13(16)17/h6-10H,4-5,11,17H2,1-3H3. The van der Waals surface area contributed by atoms with Crippen molar-refractivity contribution in [3.63, 3.8) is 0 Å². The number of anilines is 2. The predicted octanol–water partition coefficient (Wildman–Crippen LogP) is 2.12. The summed E-state index contributed by atoms with van der Waals surface area (Å²) < 4.78 is 0. The molecule has 1 aromatic carbocycles. The zero-order chi connectivity index (χ0) is 15.4. The highest BCUT2D eigenvalue weighted by atomic mass is 16.2. The number of aromatic nitrogens is 1. The molecule has 0 saturated heterocycles. The van der Waals surface area contributed by atoms with E-state index < -0.39 is 0 Å². The lowest BCUT2D eigenvalue weighted by Crippen LogP contribution is -2.38. The molecule has 1 heterocycles. The molecule has 0 atom stereocenters. The Morgan fingerprint density at radius 1 is 1.24 bits per heavy atom. The minimum atomic E-state index is 0.122. The molecular weight excluding hydrogens is 264 g/mol. The third-order valence-corrected chi connectivity index (χ3v) is 3.68. The van der Waals surface area contributed by atoms with Gasteiger partial charge in [0.2, 0.25) is 5.91 Å². The highest BCUT2D eigenvalue weighted by Gasteiger charge is 2.15. The Morgan fingerprint density at radius 2 is 1.95 bits per heavy atom. The molecule has 0 fully saturated rings. The van der Waals surface area contributed by atoms with E-state index in [9.17, 15) is 4.79 Å². The molecule has 5 nitrogen and oxygen atoms in total. The van der Waals surface area contributed by atoms with Gasteiger partial charge in [0.1, 0.15) is 0 Å². The van der Waals surface area contributed by atoms with Gasteiger partial charge >= 0.3 is 0 Å². The molecule has 0 radical (unpaired) electrons. The molecule has 1 amide bonds. The van der Waals surface area contributed by atoms with E-state index in [2.05, 4.69) is 4.98 Å². The van der Waals surface area contributed by atoms with Gasteiger partial charge in [-0.1, -0.05) is 12.1 Å². The summed E-state index contributed by atoms with van der Waals surface area (Å²) in [6.07, 6.45) is 1.73. The second-order valence-corrected chi connectivity index (χ2v) is 5.00. The quantitative estimate of drug-likeness (QED) is 0.855. The third-order valence-electron chi connectivity index (χ3n) is 3.68. The Labute approximate surface area is 125 Å². The maximum absolute atomic E-state index is 12.2. The lowest BCUT2D eigenvalue weighted by Gasteiger charge is -2.25. The summed E-state index contributed by atoms with van der Waals surface area (Å²) in [4.78, 5) is 20.3. The molecule has 0 saturated carbocycles. The van der Waals surface area contributed by atoms with E-state index in [0.717, 1.165) is 29.7 Å². The zero-order valence-electron chi connectivity index (χ0n) is 12.8. The van der Waals surface area contributed by atoms with E-state index in [-0.39, 0.29) is 5.91 Å². The maximum Gasteiger partial charge on any atom is 0.242 e. The molecular formula is C16H22N4O. The first-order valence-electron chi connectivity index (χ1n) is 7.20. The van der Waals surface area contributed by atoms with Gasteiger partial charge in [-0.3, -0.25) is 9.78 Å². The van der Waals surface area contributed by atoms with Gasteiger partial charge in [-0.2, -0.15) is 0 Å². The minimum absolute atomic E-state index is 0.122. The summed E-state index contributed by atoms with van der Waals surface area (Å²) in [6.45, 7) is 5.78. The summed E-state index contributed by atoms with van der Waals surface area (Å²) in [6, 6.07) is 7.63. The molecule has 5 heteroatoms. The van der Waals surface area contributed by atoms with Crippen molar-refractivity contribution in [1.82, 2.24) is 9.88 Å². The van der Waals surface area contributed by atoms with E-state index in [1.54, 1.807) is 6.20 Å². The third kappa shape index (κ3) is 3.07. The molecule has 0 spiro atoms. The van der Waals surface area contributed by atoms with Crippen molar-refractivity contribution < 1.29 is 4.79 Å². The van der Waals surface area contributed by atoms with Crippen LogP contribution in [0.25, 0.3) is 10.9 Å². The van der Waals surface area contributed by atoms with Crippen LogP contribution in [0, 0.1) is 0 Å². The monoisotopic (exact) mass is 286 g/mol. The van der Waals surface area contributed by atoms with Crippen molar-refractivity contribution in [3.05, 3.63) is 30.5 Å². The van der Waals surface area contributed by atoms with Crippen molar-refractivity contribution >= 4 is 28.2 Å². The minimum Gasteiger partial charge on any atom is -0.397 e. The molecule has 112 valence electrons. The number of nitrogen functional groups attached to an aromatic ring is 1. The number of nitrogens with zero attached hydrogens (tertiary/aromatic N) is 3. The Hall–Kier alpha value is -2.30. The lowest BCUT2D eigenvalue weighted by atomic mass is 10.1. The fourth-order valence-electron chi connectivity index (χ4n) is 2.48. The molecule has 0 aliphatic heterocycles. The number of fused-ring (bicyclic) bond motifs is 1. The number of hydrogen-bond donors (Lipinski definition) is 1. The topological polar surface area (TPSA) is 62.5 Å². The van der Waals surface area contributed by atoms with Gasteiger partial charge in [0.25, 0.3) is 0 Å². The van der Waals surface area contributed by atoms with E-state index in [4.69, 9.17) is 5.73 Å². The van der Waals surface area contributed by atoms with Crippen LogP contribution in [0.4, 0.5) is 11.4 Å². The van der Waals surface area contributed by atoms with Crippen LogP contribution in [0.15, 0.2) is 30.5 Å². The van der Waals surface area contributed by atoms with Gasteiger partial charge in [-0.25, -0.2) is 0 Å². The molecule has 21 heavy (non-hydrogen) atoms. The van der Waals surface area contributed by atoms with Crippen molar-refractivity contribution in [1.29, 1.82) is 0 Å². The highest BCUT2D eigenvalue weighted by molar-refractivity contribution is 5.98. The van der Waals surface area contributed by atoms with Crippen LogP contribution in [-0.2, 0) is 4.79 Å². The van der Waals surface area contributed by atoms with Gasteiger partial charge in [-0.15, -0.1) is 0 Å².